The van der Waals surface area contributed by atoms with Crippen LogP contribution in [0.2, 0.25) is 0 Å². The fourth-order valence-electron chi connectivity index (χ4n) is 7.97. The lowest BCUT2D eigenvalue weighted by molar-refractivity contribution is -0.241. The van der Waals surface area contributed by atoms with Gasteiger partial charge < -0.3 is 25.2 Å². The molecule has 188 valence electrons. The summed E-state index contributed by atoms with van der Waals surface area (Å²) in [7, 11) is 3.76. The third kappa shape index (κ3) is 2.97. The highest BCUT2D eigenvalue weighted by Crippen LogP contribution is 2.70. The number of carbonyl (C=O) groups is 1. The number of allylic oxidation sites excluding steroid dienone is 1. The van der Waals surface area contributed by atoms with Crippen LogP contribution in [0, 0.1) is 11.3 Å². The normalized spacial score (nSPS) is 45.8. The van der Waals surface area contributed by atoms with Gasteiger partial charge in [0.15, 0.2) is 5.67 Å². The van der Waals surface area contributed by atoms with Gasteiger partial charge in [-0.1, -0.05) is 13.0 Å². The largest absolute Gasteiger partial charge is 0.388 e. The number of aliphatic hydroxyl groups is 2. The van der Waals surface area contributed by atoms with Gasteiger partial charge in [-0.15, -0.1) is 0 Å². The number of pyridine rings is 1. The van der Waals surface area contributed by atoms with Crippen molar-refractivity contribution in [2.75, 3.05) is 19.4 Å². The molecule has 2 aliphatic heterocycles. The highest BCUT2D eigenvalue weighted by molar-refractivity contribution is 6.05. The maximum absolute atomic E-state index is 17.0. The summed E-state index contributed by atoms with van der Waals surface area (Å²) >= 11 is 0. The maximum atomic E-state index is 17.0. The lowest BCUT2D eigenvalue weighted by Crippen LogP contribution is -2.68. The number of rotatable bonds is 3. The number of hydrogen-bond donors (Lipinski definition) is 3. The second-order valence-corrected chi connectivity index (χ2v) is 11.6. The highest BCUT2D eigenvalue weighted by atomic mass is 19.1. The minimum absolute atomic E-state index is 0.172. The Bertz CT molecular complexity index is 1120. The molecule has 0 radical (unpaired) electrons. The molecule has 8 atom stereocenters. The first-order valence-corrected chi connectivity index (χ1v) is 12.6. The monoisotopic (exact) mass is 483 g/mol. The van der Waals surface area contributed by atoms with Crippen LogP contribution in [0.25, 0.3) is 0 Å². The first-order chi connectivity index (χ1) is 16.6. The van der Waals surface area contributed by atoms with E-state index in [4.69, 9.17) is 4.74 Å². The molecule has 3 fully saturated rings. The predicted octanol–water partition coefficient (Wildman–Crippen LogP) is 2.76. The van der Waals surface area contributed by atoms with Crippen molar-refractivity contribution in [3.63, 3.8) is 0 Å². The molecule has 3 aliphatic carbocycles. The zero-order valence-electron chi connectivity index (χ0n) is 20.5. The van der Waals surface area contributed by atoms with E-state index >= 15 is 4.39 Å². The Balaban J connectivity index is 1.35. The van der Waals surface area contributed by atoms with E-state index in [0.29, 0.717) is 48.9 Å². The zero-order valence-corrected chi connectivity index (χ0v) is 20.5. The third-order valence-electron chi connectivity index (χ3n) is 9.81. The molecule has 3 heterocycles. The lowest BCUT2D eigenvalue weighted by atomic mass is 9.53. The standard InChI is InChI=1S/C27H34FN3O4/c1-24-8-10-26(28)13-18-21(32)22(33)19(31(2)3)14-25(18)9-11-27(26,35-25)20(24)7-6-17(24)23(34)30-16-5-4-12-29-15-16/h4-6,12-13,15,19-22,32-33H,7-11,14H2,1-3H3,(H,30,34). The molecule has 1 aromatic rings. The Hall–Kier alpha value is -2.13. The maximum Gasteiger partial charge on any atom is 0.251 e. The van der Waals surface area contributed by atoms with Crippen molar-refractivity contribution in [3.8, 4) is 0 Å². The second kappa shape index (κ2) is 7.44. The summed E-state index contributed by atoms with van der Waals surface area (Å²) in [5, 5.41) is 24.8. The smallest absolute Gasteiger partial charge is 0.251 e. The highest BCUT2D eigenvalue weighted by Gasteiger charge is 2.75. The van der Waals surface area contributed by atoms with Crippen LogP contribution < -0.4 is 5.32 Å². The van der Waals surface area contributed by atoms with Gasteiger partial charge >= 0.3 is 0 Å². The van der Waals surface area contributed by atoms with Crippen LogP contribution in [0.3, 0.4) is 0 Å². The molecular weight excluding hydrogens is 449 g/mol. The van der Waals surface area contributed by atoms with Crippen LogP contribution in [0.4, 0.5) is 10.1 Å². The Morgan fingerprint density at radius 3 is 2.77 bits per heavy atom. The number of nitrogens with zero attached hydrogens (tertiary/aromatic N) is 2. The minimum atomic E-state index is -1.75. The summed E-state index contributed by atoms with van der Waals surface area (Å²) in [6.45, 7) is 2.07. The van der Waals surface area contributed by atoms with Crippen molar-refractivity contribution < 1.29 is 24.1 Å². The number of alkyl halides is 1. The molecule has 1 aromatic heterocycles. The van der Waals surface area contributed by atoms with Crippen LogP contribution in [-0.2, 0) is 9.53 Å². The van der Waals surface area contributed by atoms with Crippen LogP contribution in [0.1, 0.15) is 45.4 Å². The molecule has 1 saturated heterocycles. The van der Waals surface area contributed by atoms with E-state index in [1.165, 1.54) is 0 Å². The Morgan fingerprint density at radius 1 is 1.26 bits per heavy atom. The number of aromatic nitrogens is 1. The molecule has 2 spiro atoms. The average Bonchev–Trinajstić information content (AvgIpc) is 3.36. The van der Waals surface area contributed by atoms with E-state index in [2.05, 4.69) is 17.2 Å². The van der Waals surface area contributed by atoms with Gasteiger partial charge in [0.05, 0.1) is 23.6 Å². The number of aliphatic hydroxyl groups excluding tert-OH is 2. The first-order valence-electron chi connectivity index (χ1n) is 12.6. The van der Waals surface area contributed by atoms with E-state index in [9.17, 15) is 15.0 Å². The van der Waals surface area contributed by atoms with Gasteiger partial charge in [0.25, 0.3) is 5.91 Å². The van der Waals surface area contributed by atoms with Crippen LogP contribution in [0.5, 0.6) is 0 Å². The number of carbonyl (C=O) groups excluding carboxylic acids is 1. The molecule has 8 heteroatoms. The molecule has 3 N–H and O–H groups in total. The topological polar surface area (TPSA) is 94.9 Å². The number of ether oxygens (including phenoxy) is 1. The molecule has 1 amide bonds. The van der Waals surface area contributed by atoms with Crippen molar-refractivity contribution in [2.24, 2.45) is 11.3 Å². The van der Waals surface area contributed by atoms with E-state index in [1.54, 1.807) is 30.6 Å². The van der Waals surface area contributed by atoms with Crippen molar-refractivity contribution in [3.05, 3.63) is 47.8 Å². The minimum Gasteiger partial charge on any atom is -0.388 e. The number of anilines is 1. The molecule has 6 rings (SSSR count). The van der Waals surface area contributed by atoms with Crippen molar-refractivity contribution in [1.82, 2.24) is 9.88 Å². The quantitative estimate of drug-likeness (QED) is 0.573. The van der Waals surface area contributed by atoms with Crippen molar-refractivity contribution in [2.45, 2.75) is 80.6 Å². The van der Waals surface area contributed by atoms with Gasteiger partial charge in [-0.3, -0.25) is 9.78 Å². The molecule has 35 heavy (non-hydrogen) atoms. The van der Waals surface area contributed by atoms with Crippen LogP contribution in [-0.4, -0.2) is 75.2 Å². The molecular formula is C27H34FN3O4. The van der Waals surface area contributed by atoms with Gasteiger partial charge in [0.2, 0.25) is 0 Å². The van der Waals surface area contributed by atoms with Crippen molar-refractivity contribution >= 4 is 11.6 Å². The van der Waals surface area contributed by atoms with E-state index in [1.807, 2.05) is 25.1 Å². The summed E-state index contributed by atoms with van der Waals surface area (Å²) in [6.07, 6.45) is 7.60. The van der Waals surface area contributed by atoms with Crippen LogP contribution in [0.15, 0.2) is 47.8 Å². The lowest BCUT2D eigenvalue weighted by Gasteiger charge is -2.60. The molecule has 2 bridgehead atoms. The first kappa shape index (κ1) is 23.3. The third-order valence-corrected chi connectivity index (χ3v) is 9.81. The van der Waals surface area contributed by atoms with Gasteiger partial charge in [-0.2, -0.15) is 0 Å². The van der Waals surface area contributed by atoms with Crippen molar-refractivity contribution in [1.29, 1.82) is 0 Å². The van der Waals surface area contributed by atoms with E-state index in [0.717, 1.165) is 0 Å². The summed E-state index contributed by atoms with van der Waals surface area (Å²) in [4.78, 5) is 19.3. The van der Waals surface area contributed by atoms with Gasteiger partial charge in [-0.05, 0) is 76.4 Å². The summed E-state index contributed by atoms with van der Waals surface area (Å²) in [5.41, 5.74) is -2.30. The van der Waals surface area contributed by atoms with Gasteiger partial charge in [-0.25, -0.2) is 4.39 Å². The number of hydrogen-bond acceptors (Lipinski definition) is 6. The van der Waals surface area contributed by atoms with Gasteiger partial charge in [0.1, 0.15) is 11.7 Å². The number of halogens is 1. The summed E-state index contributed by atoms with van der Waals surface area (Å²) in [5.74, 6) is -0.364. The number of likely N-dealkylation sites (N-methyl/N-ethyl adjacent to an activating group) is 1. The Labute approximate surface area is 205 Å². The molecule has 8 unspecified atom stereocenters. The second-order valence-electron chi connectivity index (χ2n) is 11.6. The molecule has 5 aliphatic rings. The Morgan fingerprint density at radius 2 is 2.06 bits per heavy atom. The van der Waals surface area contributed by atoms with Gasteiger partial charge in [0, 0.05) is 29.1 Å². The fourth-order valence-corrected chi connectivity index (χ4v) is 7.97. The summed E-state index contributed by atoms with van der Waals surface area (Å²) in [6, 6.07) is 3.28. The molecule has 7 nitrogen and oxygen atoms in total. The predicted molar refractivity (Wildman–Crippen MR) is 128 cm³/mol. The summed E-state index contributed by atoms with van der Waals surface area (Å²) < 4.78 is 23.9. The average molecular weight is 484 g/mol. The number of amides is 1. The SMILES string of the molecule is CN(C)C1CC23CCC4(O2)C2CC=C(C(=O)Nc5cccnc5)C2(C)CCC4(F)C=C3C(O)C1O. The molecule has 0 aromatic carbocycles. The Kier molecular flexibility index (Phi) is 4.95. The fraction of sp³-hybridized carbons (Fsp3) is 0.630. The zero-order chi connectivity index (χ0) is 24.8. The van der Waals surface area contributed by atoms with E-state index < -0.39 is 34.5 Å². The van der Waals surface area contributed by atoms with E-state index in [-0.39, 0.29) is 24.3 Å². The molecule has 2 saturated carbocycles. The number of nitrogens with one attached hydrogen (secondary N) is 1. The van der Waals surface area contributed by atoms with Crippen LogP contribution >= 0.6 is 0 Å². The number of fused-ring (bicyclic) bond motifs is 1.